The monoisotopic (exact) mass is 508 g/mol. The second kappa shape index (κ2) is 19.3. The third kappa shape index (κ3) is 13.3. The van der Waals surface area contributed by atoms with Gasteiger partial charge in [-0.3, -0.25) is 4.55 Å². The molecule has 0 radical (unpaired) electrons. The van der Waals surface area contributed by atoms with Gasteiger partial charge in [0.05, 0.1) is 4.90 Å². The SMILES string of the molecule is CCCCCCCCc1cc(S(=O)(=O)O)c(CCCCCCCC)c(CCCCCCCC)c1C. The van der Waals surface area contributed by atoms with E-state index in [1.54, 1.807) is 0 Å². The Kier molecular flexibility index (Phi) is 17.7. The van der Waals surface area contributed by atoms with Gasteiger partial charge in [0, 0.05) is 0 Å². The van der Waals surface area contributed by atoms with Crippen molar-refractivity contribution in [2.24, 2.45) is 0 Å². The molecule has 0 fully saturated rings. The van der Waals surface area contributed by atoms with Gasteiger partial charge >= 0.3 is 0 Å². The number of unbranched alkanes of at least 4 members (excludes halogenated alkanes) is 15. The molecule has 0 unspecified atom stereocenters. The molecule has 0 aliphatic carbocycles. The minimum atomic E-state index is -4.23. The molecule has 0 heterocycles. The zero-order valence-corrected chi connectivity index (χ0v) is 24.4. The Hall–Kier alpha value is -0.870. The minimum absolute atomic E-state index is 0.193. The highest BCUT2D eigenvalue weighted by Crippen LogP contribution is 2.31. The molecule has 0 saturated heterocycles. The standard InChI is InChI=1S/C31H56O3S/c1-5-8-11-14-17-20-23-28-26-31(35(32,33)34)30(25-22-19-16-13-10-7-3)29(27(28)4)24-21-18-15-12-9-6-2/h26H,5-25H2,1-4H3,(H,32,33,34). The molecular weight excluding hydrogens is 452 g/mol. The summed E-state index contributed by atoms with van der Waals surface area (Å²) < 4.78 is 35.2. The summed E-state index contributed by atoms with van der Waals surface area (Å²) in [6.45, 7) is 8.89. The summed E-state index contributed by atoms with van der Waals surface area (Å²) in [5.41, 5.74) is 4.52. The quantitative estimate of drug-likeness (QED) is 0.125. The van der Waals surface area contributed by atoms with Gasteiger partial charge in [-0.2, -0.15) is 8.42 Å². The van der Waals surface area contributed by atoms with Gasteiger partial charge in [0.25, 0.3) is 10.1 Å². The Morgan fingerprint density at radius 3 is 1.37 bits per heavy atom. The highest BCUT2D eigenvalue weighted by Gasteiger charge is 2.22. The van der Waals surface area contributed by atoms with Crippen molar-refractivity contribution in [3.63, 3.8) is 0 Å². The van der Waals surface area contributed by atoms with Gasteiger partial charge in [-0.25, -0.2) is 0 Å². The van der Waals surface area contributed by atoms with Gasteiger partial charge in [-0.1, -0.05) is 117 Å². The molecular formula is C31H56O3S. The first kappa shape index (κ1) is 32.2. The molecule has 1 aromatic carbocycles. The third-order valence-corrected chi connectivity index (χ3v) is 8.46. The lowest BCUT2D eigenvalue weighted by atomic mass is 9.88. The second-order valence-electron chi connectivity index (χ2n) is 10.6. The van der Waals surface area contributed by atoms with Crippen molar-refractivity contribution in [3.05, 3.63) is 28.3 Å². The Morgan fingerprint density at radius 1 is 0.571 bits per heavy atom. The van der Waals surface area contributed by atoms with Crippen LogP contribution in [0, 0.1) is 6.92 Å². The van der Waals surface area contributed by atoms with Gasteiger partial charge in [0.15, 0.2) is 0 Å². The molecule has 0 atom stereocenters. The molecule has 0 aliphatic rings. The summed E-state index contributed by atoms with van der Waals surface area (Å²) in [6.07, 6.45) is 24.4. The first-order valence-corrected chi connectivity index (χ1v) is 16.4. The molecule has 4 heteroatoms. The number of benzene rings is 1. The molecule has 0 bridgehead atoms. The maximum atomic E-state index is 12.5. The van der Waals surface area contributed by atoms with Crippen LogP contribution in [0.2, 0.25) is 0 Å². The Morgan fingerprint density at radius 2 is 0.943 bits per heavy atom. The highest BCUT2D eigenvalue weighted by molar-refractivity contribution is 7.85. The number of hydrogen-bond acceptors (Lipinski definition) is 2. The van der Waals surface area contributed by atoms with E-state index in [1.165, 1.54) is 101 Å². The first-order valence-electron chi connectivity index (χ1n) is 15.0. The normalized spacial score (nSPS) is 11.9. The average molecular weight is 509 g/mol. The predicted octanol–water partition coefficient (Wildman–Crippen LogP) is 9.95. The van der Waals surface area contributed by atoms with Crippen LogP contribution in [0.1, 0.15) is 159 Å². The number of hydrogen-bond donors (Lipinski definition) is 1. The van der Waals surface area contributed by atoms with E-state index in [0.29, 0.717) is 0 Å². The van der Waals surface area contributed by atoms with E-state index in [0.717, 1.165) is 56.1 Å². The topological polar surface area (TPSA) is 54.4 Å². The third-order valence-electron chi connectivity index (χ3n) is 7.54. The number of aryl methyl sites for hydroxylation is 1. The van der Waals surface area contributed by atoms with Crippen molar-refractivity contribution in [2.45, 2.75) is 167 Å². The Labute approximate surface area is 218 Å². The van der Waals surface area contributed by atoms with E-state index in [1.807, 2.05) is 6.07 Å². The van der Waals surface area contributed by atoms with Gasteiger partial charge < -0.3 is 0 Å². The van der Waals surface area contributed by atoms with Crippen LogP contribution in [0.25, 0.3) is 0 Å². The van der Waals surface area contributed by atoms with Gasteiger partial charge in [0.1, 0.15) is 0 Å². The highest BCUT2D eigenvalue weighted by atomic mass is 32.2. The zero-order chi connectivity index (χ0) is 25.9. The summed E-state index contributed by atoms with van der Waals surface area (Å²) in [6, 6.07) is 1.81. The van der Waals surface area contributed by atoms with E-state index < -0.39 is 10.1 Å². The van der Waals surface area contributed by atoms with Crippen molar-refractivity contribution >= 4 is 10.1 Å². The van der Waals surface area contributed by atoms with E-state index in [2.05, 4.69) is 27.7 Å². The fourth-order valence-electron chi connectivity index (χ4n) is 5.28. The van der Waals surface area contributed by atoms with Crippen molar-refractivity contribution in [2.75, 3.05) is 0 Å². The average Bonchev–Trinajstić information content (AvgIpc) is 2.82. The lowest BCUT2D eigenvalue weighted by molar-refractivity contribution is 0.481. The first-order chi connectivity index (χ1) is 16.9. The van der Waals surface area contributed by atoms with Crippen molar-refractivity contribution < 1.29 is 13.0 Å². The molecule has 1 aromatic rings. The fourth-order valence-corrected chi connectivity index (χ4v) is 6.11. The summed E-state index contributed by atoms with van der Waals surface area (Å²) in [4.78, 5) is 0.193. The van der Waals surface area contributed by atoms with Crippen LogP contribution < -0.4 is 0 Å². The van der Waals surface area contributed by atoms with Crippen LogP contribution in [0.5, 0.6) is 0 Å². The zero-order valence-electron chi connectivity index (χ0n) is 23.6. The van der Waals surface area contributed by atoms with Gasteiger partial charge in [0.2, 0.25) is 0 Å². The fraction of sp³-hybridized carbons (Fsp3) is 0.806. The Balaban J connectivity index is 3.05. The smallest absolute Gasteiger partial charge is 0.282 e. The lowest BCUT2D eigenvalue weighted by Crippen LogP contribution is -2.11. The van der Waals surface area contributed by atoms with Gasteiger partial charge in [-0.05, 0) is 73.8 Å². The van der Waals surface area contributed by atoms with Crippen molar-refractivity contribution in [1.29, 1.82) is 0 Å². The molecule has 35 heavy (non-hydrogen) atoms. The van der Waals surface area contributed by atoms with E-state index in [9.17, 15) is 13.0 Å². The molecule has 3 nitrogen and oxygen atoms in total. The molecule has 1 rings (SSSR count). The number of rotatable bonds is 22. The van der Waals surface area contributed by atoms with Gasteiger partial charge in [-0.15, -0.1) is 0 Å². The predicted molar refractivity (Wildman–Crippen MR) is 152 cm³/mol. The molecule has 204 valence electrons. The Bertz CT molecular complexity index is 783. The van der Waals surface area contributed by atoms with E-state index >= 15 is 0 Å². The molecule has 0 spiro atoms. The second-order valence-corrected chi connectivity index (χ2v) is 12.0. The van der Waals surface area contributed by atoms with Crippen LogP contribution in [0.3, 0.4) is 0 Å². The maximum Gasteiger partial charge on any atom is 0.294 e. The lowest BCUT2D eigenvalue weighted by Gasteiger charge is -2.20. The largest absolute Gasteiger partial charge is 0.294 e. The van der Waals surface area contributed by atoms with E-state index in [4.69, 9.17) is 0 Å². The van der Waals surface area contributed by atoms with Crippen LogP contribution in [-0.2, 0) is 29.4 Å². The summed E-state index contributed by atoms with van der Waals surface area (Å²) >= 11 is 0. The molecule has 0 aromatic heterocycles. The van der Waals surface area contributed by atoms with Crippen molar-refractivity contribution in [1.82, 2.24) is 0 Å². The summed E-state index contributed by atoms with van der Waals surface area (Å²) in [7, 11) is -4.23. The molecule has 0 amide bonds. The molecule has 1 N–H and O–H groups in total. The minimum Gasteiger partial charge on any atom is -0.282 e. The van der Waals surface area contributed by atoms with Crippen LogP contribution >= 0.6 is 0 Å². The molecule has 0 aliphatic heterocycles. The summed E-state index contributed by atoms with van der Waals surface area (Å²) in [5, 5.41) is 0. The van der Waals surface area contributed by atoms with Crippen LogP contribution in [-0.4, -0.2) is 13.0 Å². The summed E-state index contributed by atoms with van der Waals surface area (Å²) in [5.74, 6) is 0. The van der Waals surface area contributed by atoms with Crippen molar-refractivity contribution in [3.8, 4) is 0 Å². The maximum absolute atomic E-state index is 12.5. The van der Waals surface area contributed by atoms with E-state index in [-0.39, 0.29) is 4.90 Å². The van der Waals surface area contributed by atoms with Crippen LogP contribution in [0.4, 0.5) is 0 Å². The molecule has 0 saturated carbocycles. The van der Waals surface area contributed by atoms with Crippen LogP contribution in [0.15, 0.2) is 11.0 Å².